The largest absolute Gasteiger partial charge is 0.492 e. The number of likely N-dealkylation sites (N-methyl/N-ethyl adjacent to an activating group) is 2. The lowest BCUT2D eigenvalue weighted by atomic mass is 10.1. The molecule has 0 amide bonds. The van der Waals surface area contributed by atoms with Crippen LogP contribution in [0.2, 0.25) is 0 Å². The molecule has 3 rings (SSSR count). The maximum absolute atomic E-state index is 12.7. The Bertz CT molecular complexity index is 879. The molecule has 0 aliphatic carbocycles. The van der Waals surface area contributed by atoms with Gasteiger partial charge in [0, 0.05) is 25.2 Å². The molecule has 6 heteroatoms. The fourth-order valence-corrected chi connectivity index (χ4v) is 2.83. The van der Waals surface area contributed by atoms with Crippen LogP contribution in [-0.2, 0) is 0 Å². The van der Waals surface area contributed by atoms with Gasteiger partial charge in [-0.15, -0.1) is 0 Å². The molecule has 6 nitrogen and oxygen atoms in total. The smallest absolute Gasteiger partial charge is 0.200 e. The van der Waals surface area contributed by atoms with Gasteiger partial charge in [0.1, 0.15) is 35.9 Å². The highest BCUT2D eigenvalue weighted by molar-refractivity contribution is 5.90. The highest BCUT2D eigenvalue weighted by Gasteiger charge is 2.10. The van der Waals surface area contributed by atoms with E-state index in [1.54, 1.807) is 36.4 Å². The lowest BCUT2D eigenvalue weighted by Crippen LogP contribution is -2.20. The van der Waals surface area contributed by atoms with Gasteiger partial charge in [0.05, 0.1) is 10.8 Å². The van der Waals surface area contributed by atoms with Gasteiger partial charge < -0.3 is 24.5 Å². The van der Waals surface area contributed by atoms with Crippen molar-refractivity contribution in [1.82, 2.24) is 10.6 Å². The van der Waals surface area contributed by atoms with Crippen LogP contribution in [0.5, 0.6) is 11.5 Å². The van der Waals surface area contributed by atoms with Crippen molar-refractivity contribution >= 4 is 21.9 Å². The Morgan fingerprint density at radius 2 is 1.30 bits per heavy atom. The minimum absolute atomic E-state index is 0.0513. The molecule has 2 aromatic carbocycles. The van der Waals surface area contributed by atoms with Crippen LogP contribution in [0, 0.1) is 0 Å². The van der Waals surface area contributed by atoms with E-state index < -0.39 is 0 Å². The maximum atomic E-state index is 12.7. The molecule has 0 aliphatic heterocycles. The van der Waals surface area contributed by atoms with Crippen molar-refractivity contribution in [2.45, 2.75) is 13.8 Å². The minimum atomic E-state index is -0.0513. The number of fused-ring (bicyclic) bond motifs is 2. The molecule has 0 saturated carbocycles. The third-order valence-corrected chi connectivity index (χ3v) is 4.21. The number of rotatable bonds is 10. The molecule has 0 spiro atoms. The molecule has 0 aliphatic rings. The third kappa shape index (κ3) is 4.78. The van der Waals surface area contributed by atoms with Crippen molar-refractivity contribution in [3.8, 4) is 11.5 Å². The van der Waals surface area contributed by atoms with Gasteiger partial charge in [-0.25, -0.2) is 0 Å². The second-order valence-electron chi connectivity index (χ2n) is 6.15. The van der Waals surface area contributed by atoms with E-state index in [1.807, 2.05) is 13.8 Å². The fourth-order valence-electron chi connectivity index (χ4n) is 2.83. The molecule has 0 atom stereocenters. The first-order valence-corrected chi connectivity index (χ1v) is 9.40. The Balaban J connectivity index is 1.85. The monoisotopic (exact) mass is 370 g/mol. The van der Waals surface area contributed by atoms with Crippen molar-refractivity contribution in [2.75, 3.05) is 39.4 Å². The van der Waals surface area contributed by atoms with E-state index in [4.69, 9.17) is 13.9 Å². The fraction of sp³-hybridized carbons (Fsp3) is 0.381. The van der Waals surface area contributed by atoms with Crippen LogP contribution in [0.1, 0.15) is 13.8 Å². The first kappa shape index (κ1) is 19.2. The normalized spacial score (nSPS) is 11.2. The third-order valence-electron chi connectivity index (χ3n) is 4.21. The lowest BCUT2D eigenvalue weighted by molar-refractivity contribution is 0.315. The van der Waals surface area contributed by atoms with E-state index in [0.29, 0.717) is 46.7 Å². The van der Waals surface area contributed by atoms with Gasteiger partial charge in [-0.1, -0.05) is 13.8 Å². The SMILES string of the molecule is CCNCCOc1ccc2c(=O)c3ccc(OCCNCC)cc3oc2c1. The molecule has 0 saturated heterocycles. The van der Waals surface area contributed by atoms with Crippen LogP contribution in [-0.4, -0.2) is 39.4 Å². The van der Waals surface area contributed by atoms with Crippen LogP contribution < -0.4 is 25.5 Å². The van der Waals surface area contributed by atoms with Crippen LogP contribution in [0.4, 0.5) is 0 Å². The summed E-state index contributed by atoms with van der Waals surface area (Å²) in [5, 5.41) is 7.49. The number of ether oxygens (including phenoxy) is 2. The summed E-state index contributed by atoms with van der Waals surface area (Å²) in [7, 11) is 0. The van der Waals surface area contributed by atoms with Crippen molar-refractivity contribution in [3.05, 3.63) is 46.6 Å². The van der Waals surface area contributed by atoms with Gasteiger partial charge in [0.2, 0.25) is 5.43 Å². The maximum Gasteiger partial charge on any atom is 0.200 e. The van der Waals surface area contributed by atoms with Gasteiger partial charge in [0.15, 0.2) is 0 Å². The first-order chi connectivity index (χ1) is 13.2. The number of nitrogens with one attached hydrogen (secondary N) is 2. The molecular weight excluding hydrogens is 344 g/mol. The zero-order chi connectivity index (χ0) is 19.1. The Hall–Kier alpha value is -2.57. The van der Waals surface area contributed by atoms with E-state index in [2.05, 4.69) is 10.6 Å². The number of benzene rings is 2. The number of hydrogen-bond acceptors (Lipinski definition) is 6. The molecule has 0 radical (unpaired) electrons. The van der Waals surface area contributed by atoms with Gasteiger partial charge in [-0.3, -0.25) is 4.79 Å². The quantitative estimate of drug-likeness (QED) is 0.422. The van der Waals surface area contributed by atoms with Crippen LogP contribution in [0.3, 0.4) is 0 Å². The summed E-state index contributed by atoms with van der Waals surface area (Å²) in [6.07, 6.45) is 0. The van der Waals surface area contributed by atoms with E-state index in [-0.39, 0.29) is 5.43 Å². The predicted octanol–water partition coefficient (Wildman–Crippen LogP) is 2.92. The van der Waals surface area contributed by atoms with Crippen molar-refractivity contribution in [3.63, 3.8) is 0 Å². The van der Waals surface area contributed by atoms with Gasteiger partial charge in [0.25, 0.3) is 0 Å². The van der Waals surface area contributed by atoms with Crippen molar-refractivity contribution < 1.29 is 13.9 Å². The molecule has 1 aromatic heterocycles. The average Bonchev–Trinajstić information content (AvgIpc) is 2.68. The second-order valence-corrected chi connectivity index (χ2v) is 6.15. The average molecular weight is 370 g/mol. The summed E-state index contributed by atoms with van der Waals surface area (Å²) < 4.78 is 17.4. The van der Waals surface area contributed by atoms with Crippen LogP contribution >= 0.6 is 0 Å². The highest BCUT2D eigenvalue weighted by atomic mass is 16.5. The van der Waals surface area contributed by atoms with Crippen molar-refractivity contribution in [2.24, 2.45) is 0 Å². The zero-order valence-corrected chi connectivity index (χ0v) is 15.8. The summed E-state index contributed by atoms with van der Waals surface area (Å²) in [4.78, 5) is 12.7. The molecule has 144 valence electrons. The Morgan fingerprint density at radius 1 is 0.815 bits per heavy atom. The molecule has 0 bridgehead atoms. The van der Waals surface area contributed by atoms with Gasteiger partial charge >= 0.3 is 0 Å². The van der Waals surface area contributed by atoms with E-state index in [9.17, 15) is 4.79 Å². The second kappa shape index (κ2) is 9.39. The topological polar surface area (TPSA) is 72.7 Å². The molecule has 1 heterocycles. The molecule has 3 aromatic rings. The minimum Gasteiger partial charge on any atom is -0.492 e. The van der Waals surface area contributed by atoms with Crippen molar-refractivity contribution in [1.29, 1.82) is 0 Å². The Morgan fingerprint density at radius 3 is 1.74 bits per heavy atom. The molecule has 27 heavy (non-hydrogen) atoms. The summed E-state index contributed by atoms with van der Waals surface area (Å²) in [6.45, 7) is 8.55. The Labute approximate surface area is 158 Å². The molecule has 2 N–H and O–H groups in total. The first-order valence-electron chi connectivity index (χ1n) is 9.40. The summed E-state index contributed by atoms with van der Waals surface area (Å²) in [6, 6.07) is 10.6. The highest BCUT2D eigenvalue weighted by Crippen LogP contribution is 2.25. The Kier molecular flexibility index (Phi) is 6.68. The van der Waals surface area contributed by atoms with Crippen LogP contribution in [0.15, 0.2) is 45.6 Å². The summed E-state index contributed by atoms with van der Waals surface area (Å²) in [5.41, 5.74) is 0.973. The van der Waals surface area contributed by atoms with E-state index >= 15 is 0 Å². The zero-order valence-electron chi connectivity index (χ0n) is 15.8. The van der Waals surface area contributed by atoms with E-state index in [1.165, 1.54) is 0 Å². The van der Waals surface area contributed by atoms with Gasteiger partial charge in [-0.05, 0) is 37.4 Å². The predicted molar refractivity (Wildman–Crippen MR) is 108 cm³/mol. The number of hydrogen-bond donors (Lipinski definition) is 2. The van der Waals surface area contributed by atoms with Gasteiger partial charge in [-0.2, -0.15) is 0 Å². The molecular formula is C21H26N2O4. The van der Waals surface area contributed by atoms with E-state index in [0.717, 1.165) is 26.2 Å². The summed E-state index contributed by atoms with van der Waals surface area (Å²) in [5.74, 6) is 1.36. The lowest BCUT2D eigenvalue weighted by Gasteiger charge is -2.09. The molecule has 0 fully saturated rings. The summed E-state index contributed by atoms with van der Waals surface area (Å²) >= 11 is 0. The molecule has 0 unspecified atom stereocenters. The van der Waals surface area contributed by atoms with Crippen LogP contribution in [0.25, 0.3) is 21.9 Å². The standard InChI is InChI=1S/C21H26N2O4/c1-3-22-9-11-25-15-5-7-17-19(13-15)27-20-14-16(26-12-10-23-4-2)6-8-18(20)21(17)24/h5-8,13-14,22-23H,3-4,9-12H2,1-2H3.